The summed E-state index contributed by atoms with van der Waals surface area (Å²) < 4.78 is 4.98. The van der Waals surface area contributed by atoms with Crippen LogP contribution >= 0.6 is 23.2 Å². The van der Waals surface area contributed by atoms with Gasteiger partial charge in [-0.2, -0.15) is 0 Å². The molecule has 5 N–H and O–H groups in total. The molecule has 2 aliphatic rings. The molecule has 1 amide bonds. The highest BCUT2D eigenvalue weighted by Gasteiger charge is 2.41. The average molecular weight is 392 g/mol. The SMILES string of the molecule is Nc1nnc(C(=O)N2CCC([C@@H](N)C3CC(Cl)C(Cl)CC3O)CC2)o1. The molecule has 1 aliphatic heterocycles. The minimum absolute atomic E-state index is 0.0690. The van der Waals surface area contributed by atoms with Crippen molar-refractivity contribution in [2.45, 2.75) is 48.6 Å². The van der Waals surface area contributed by atoms with E-state index in [4.69, 9.17) is 39.1 Å². The molecule has 25 heavy (non-hydrogen) atoms. The van der Waals surface area contributed by atoms with Gasteiger partial charge in [0.05, 0.1) is 16.9 Å². The van der Waals surface area contributed by atoms with Crippen molar-refractivity contribution in [1.29, 1.82) is 0 Å². The van der Waals surface area contributed by atoms with Gasteiger partial charge in [-0.1, -0.05) is 5.10 Å². The Bertz CT molecular complexity index is 608. The van der Waals surface area contributed by atoms with E-state index in [0.717, 1.165) is 12.8 Å². The first kappa shape index (κ1) is 18.7. The fraction of sp³-hybridized carbons (Fsp3) is 0.800. The summed E-state index contributed by atoms with van der Waals surface area (Å²) in [7, 11) is 0. The summed E-state index contributed by atoms with van der Waals surface area (Å²) in [5.41, 5.74) is 11.8. The Morgan fingerprint density at radius 3 is 2.48 bits per heavy atom. The van der Waals surface area contributed by atoms with E-state index in [0.29, 0.717) is 25.9 Å². The van der Waals surface area contributed by atoms with Gasteiger partial charge in [-0.25, -0.2) is 0 Å². The zero-order chi connectivity index (χ0) is 18.1. The van der Waals surface area contributed by atoms with Gasteiger partial charge in [-0.05, 0) is 31.6 Å². The Morgan fingerprint density at radius 2 is 1.88 bits per heavy atom. The molecule has 0 radical (unpaired) electrons. The van der Waals surface area contributed by atoms with E-state index in [1.807, 2.05) is 0 Å². The van der Waals surface area contributed by atoms with E-state index in [1.165, 1.54) is 0 Å². The molecule has 140 valence electrons. The van der Waals surface area contributed by atoms with Gasteiger partial charge in [0.2, 0.25) is 0 Å². The summed E-state index contributed by atoms with van der Waals surface area (Å²) in [4.78, 5) is 14.0. The highest BCUT2D eigenvalue weighted by molar-refractivity contribution is 6.30. The molecule has 0 bridgehead atoms. The molecule has 1 aromatic rings. The Hall–Kier alpha value is -1.09. The lowest BCUT2D eigenvalue weighted by Crippen LogP contribution is -2.51. The number of halogens is 2. The highest BCUT2D eigenvalue weighted by Crippen LogP contribution is 2.37. The lowest BCUT2D eigenvalue weighted by molar-refractivity contribution is 0.0331. The fourth-order valence-corrected chi connectivity index (χ4v) is 4.42. The average Bonchev–Trinajstić information content (AvgIpc) is 3.03. The third kappa shape index (κ3) is 4.02. The summed E-state index contributed by atoms with van der Waals surface area (Å²) in [6.07, 6.45) is 2.03. The maximum atomic E-state index is 12.3. The third-order valence-electron chi connectivity index (χ3n) is 5.34. The van der Waals surface area contributed by atoms with Gasteiger partial charge in [0.15, 0.2) is 0 Å². The number of nitrogens with two attached hydrogens (primary N) is 2. The van der Waals surface area contributed by atoms with Crippen LogP contribution in [-0.4, -0.2) is 62.1 Å². The molecular weight excluding hydrogens is 369 g/mol. The highest BCUT2D eigenvalue weighted by atomic mass is 35.5. The molecule has 0 aromatic carbocycles. The number of anilines is 1. The summed E-state index contributed by atoms with van der Waals surface area (Å²) in [5.74, 6) is -0.270. The zero-order valence-electron chi connectivity index (χ0n) is 13.7. The van der Waals surface area contributed by atoms with E-state index in [-0.39, 0.29) is 46.4 Å². The van der Waals surface area contributed by atoms with Crippen LogP contribution in [0.2, 0.25) is 0 Å². The molecule has 4 unspecified atom stereocenters. The van der Waals surface area contributed by atoms with Crippen LogP contribution in [0.25, 0.3) is 0 Å². The van der Waals surface area contributed by atoms with Crippen LogP contribution in [0.1, 0.15) is 36.4 Å². The third-order valence-corrected chi connectivity index (χ3v) is 6.43. The van der Waals surface area contributed by atoms with E-state index in [1.54, 1.807) is 4.90 Å². The first-order chi connectivity index (χ1) is 11.9. The molecule has 1 saturated heterocycles. The molecule has 5 atom stereocenters. The maximum absolute atomic E-state index is 12.3. The predicted molar refractivity (Wildman–Crippen MR) is 93.3 cm³/mol. The number of rotatable bonds is 3. The number of aliphatic hydroxyl groups excluding tert-OH is 1. The number of hydrogen-bond donors (Lipinski definition) is 3. The molecule has 2 fully saturated rings. The Kier molecular flexibility index (Phi) is 5.72. The number of aromatic nitrogens is 2. The van der Waals surface area contributed by atoms with Gasteiger partial charge in [-0.15, -0.1) is 28.3 Å². The van der Waals surface area contributed by atoms with Crippen molar-refractivity contribution in [3.05, 3.63) is 5.89 Å². The van der Waals surface area contributed by atoms with E-state index in [9.17, 15) is 9.90 Å². The van der Waals surface area contributed by atoms with Crippen molar-refractivity contribution in [3.8, 4) is 0 Å². The van der Waals surface area contributed by atoms with Crippen molar-refractivity contribution >= 4 is 35.1 Å². The van der Waals surface area contributed by atoms with Crippen molar-refractivity contribution < 1.29 is 14.3 Å². The number of amides is 1. The molecule has 1 aliphatic carbocycles. The van der Waals surface area contributed by atoms with Gasteiger partial charge in [0.1, 0.15) is 0 Å². The second-order valence-electron chi connectivity index (χ2n) is 6.89. The summed E-state index contributed by atoms with van der Waals surface area (Å²) in [5, 5.41) is 17.1. The Labute approximate surface area is 155 Å². The number of piperidine rings is 1. The van der Waals surface area contributed by atoms with Gasteiger partial charge in [-0.3, -0.25) is 4.79 Å². The first-order valence-electron chi connectivity index (χ1n) is 8.47. The smallest absolute Gasteiger partial charge is 0.313 e. The summed E-state index contributed by atoms with van der Waals surface area (Å²) in [6.45, 7) is 1.09. The minimum Gasteiger partial charge on any atom is -0.399 e. The molecule has 0 spiro atoms. The van der Waals surface area contributed by atoms with E-state index in [2.05, 4.69) is 10.2 Å². The van der Waals surface area contributed by atoms with Crippen molar-refractivity contribution in [2.24, 2.45) is 17.6 Å². The standard InChI is InChI=1S/C15H23Cl2N5O3/c16-9-5-8(11(23)6-10(9)17)12(18)7-1-3-22(4-2-7)14(24)13-20-21-15(19)25-13/h7-12,23H,1-6,18H2,(H2,19,21)/t8?,9?,10?,11?,12-/m1/s1. The largest absolute Gasteiger partial charge is 0.399 e. The van der Waals surface area contributed by atoms with Crippen molar-refractivity contribution in [2.75, 3.05) is 18.8 Å². The van der Waals surface area contributed by atoms with E-state index >= 15 is 0 Å². The topological polar surface area (TPSA) is 132 Å². The minimum atomic E-state index is -0.534. The predicted octanol–water partition coefficient (Wildman–Crippen LogP) is 0.817. The lowest BCUT2D eigenvalue weighted by atomic mass is 9.74. The number of aliphatic hydroxyl groups is 1. The molecular formula is C15H23Cl2N5O3. The van der Waals surface area contributed by atoms with Crippen LogP contribution in [0.3, 0.4) is 0 Å². The van der Waals surface area contributed by atoms with Crippen LogP contribution < -0.4 is 11.5 Å². The molecule has 8 nitrogen and oxygen atoms in total. The number of carbonyl (C=O) groups is 1. The number of carbonyl (C=O) groups excluding carboxylic acids is 1. The molecule has 3 rings (SSSR count). The number of likely N-dealkylation sites (tertiary alicyclic amines) is 1. The zero-order valence-corrected chi connectivity index (χ0v) is 15.2. The molecule has 1 saturated carbocycles. The quantitative estimate of drug-likeness (QED) is 0.649. The van der Waals surface area contributed by atoms with Gasteiger partial charge in [0.25, 0.3) is 0 Å². The molecule has 10 heteroatoms. The number of alkyl halides is 2. The van der Waals surface area contributed by atoms with Crippen LogP contribution in [0, 0.1) is 11.8 Å². The molecule has 1 aromatic heterocycles. The van der Waals surface area contributed by atoms with Crippen LogP contribution in [-0.2, 0) is 0 Å². The van der Waals surface area contributed by atoms with Crippen LogP contribution in [0.4, 0.5) is 6.01 Å². The Morgan fingerprint density at radius 1 is 1.24 bits per heavy atom. The van der Waals surface area contributed by atoms with Crippen molar-refractivity contribution in [3.63, 3.8) is 0 Å². The second kappa shape index (κ2) is 7.65. The monoisotopic (exact) mass is 391 g/mol. The Balaban J connectivity index is 1.55. The maximum Gasteiger partial charge on any atom is 0.313 e. The van der Waals surface area contributed by atoms with Crippen LogP contribution in [0.5, 0.6) is 0 Å². The van der Waals surface area contributed by atoms with Gasteiger partial charge < -0.3 is 25.9 Å². The van der Waals surface area contributed by atoms with Gasteiger partial charge in [0, 0.05) is 25.0 Å². The van der Waals surface area contributed by atoms with Crippen molar-refractivity contribution in [1.82, 2.24) is 15.1 Å². The normalized spacial score (nSPS) is 32.6. The fourth-order valence-electron chi connectivity index (χ4n) is 3.82. The van der Waals surface area contributed by atoms with E-state index < -0.39 is 6.10 Å². The summed E-state index contributed by atoms with van der Waals surface area (Å²) in [6, 6.07) is -0.295. The summed E-state index contributed by atoms with van der Waals surface area (Å²) >= 11 is 12.4. The number of nitrogen functional groups attached to an aromatic ring is 1. The number of nitrogens with zero attached hydrogens (tertiary/aromatic N) is 3. The first-order valence-corrected chi connectivity index (χ1v) is 9.34. The van der Waals surface area contributed by atoms with Crippen LogP contribution in [0.15, 0.2) is 4.42 Å². The second-order valence-corrected chi connectivity index (χ2v) is 8.01. The number of hydrogen-bond acceptors (Lipinski definition) is 7. The lowest BCUT2D eigenvalue weighted by Gasteiger charge is -2.42. The van der Waals surface area contributed by atoms with Gasteiger partial charge >= 0.3 is 17.8 Å². The molecule has 2 heterocycles.